The predicted molar refractivity (Wildman–Crippen MR) is 105 cm³/mol. The molecule has 8 nitrogen and oxygen atoms in total. The molecule has 11 heteroatoms. The molecule has 1 aromatic heterocycles. The molecule has 0 aliphatic carbocycles. The largest absolute Gasteiger partial charge is 0.411 e. The van der Waals surface area contributed by atoms with Crippen molar-refractivity contribution in [1.82, 2.24) is 10.2 Å². The zero-order valence-electron chi connectivity index (χ0n) is 13.4. The van der Waals surface area contributed by atoms with Crippen molar-refractivity contribution in [1.29, 1.82) is 0 Å². The maximum absolute atomic E-state index is 12.1. The summed E-state index contributed by atoms with van der Waals surface area (Å²) < 4.78 is 6.35. The van der Waals surface area contributed by atoms with Gasteiger partial charge >= 0.3 is 0 Å². The molecule has 0 radical (unpaired) electrons. The number of nitrogens with zero attached hydrogens (tertiary/aromatic N) is 3. The van der Waals surface area contributed by atoms with Crippen LogP contribution < -0.4 is 5.32 Å². The number of amides is 1. The van der Waals surface area contributed by atoms with Crippen LogP contribution in [0.15, 0.2) is 56.6 Å². The summed E-state index contributed by atoms with van der Waals surface area (Å²) in [6, 6.07) is 11.4. The van der Waals surface area contributed by atoms with Gasteiger partial charge in [0.2, 0.25) is 11.8 Å². The summed E-state index contributed by atoms with van der Waals surface area (Å²) in [6.07, 6.45) is 0. The first kappa shape index (κ1) is 19.3. The van der Waals surface area contributed by atoms with Crippen LogP contribution in [-0.2, 0) is 4.79 Å². The Bertz CT molecular complexity index is 1010. The summed E-state index contributed by atoms with van der Waals surface area (Å²) in [5, 5.41) is 21.5. The molecule has 0 fully saturated rings. The molecule has 1 N–H and O–H groups in total. The molecule has 0 saturated heterocycles. The van der Waals surface area contributed by atoms with E-state index in [1.165, 1.54) is 18.2 Å². The minimum atomic E-state index is -0.617. The molecule has 0 aliphatic rings. The first-order valence-electron chi connectivity index (χ1n) is 7.39. The molecule has 1 amide bonds. The highest BCUT2D eigenvalue weighted by Crippen LogP contribution is 2.30. The lowest BCUT2D eigenvalue weighted by molar-refractivity contribution is -0.384. The Balaban J connectivity index is 1.61. The van der Waals surface area contributed by atoms with Gasteiger partial charge in [-0.3, -0.25) is 14.9 Å². The van der Waals surface area contributed by atoms with E-state index in [1.807, 2.05) is 24.3 Å². The molecule has 138 valence electrons. The fourth-order valence-electron chi connectivity index (χ4n) is 2.07. The van der Waals surface area contributed by atoms with Gasteiger partial charge in [0.15, 0.2) is 0 Å². The van der Waals surface area contributed by atoms with Crippen molar-refractivity contribution in [2.45, 2.75) is 5.22 Å². The summed E-state index contributed by atoms with van der Waals surface area (Å²) in [5.41, 5.74) is 0.739. The summed E-state index contributed by atoms with van der Waals surface area (Å²) in [4.78, 5) is 22.3. The van der Waals surface area contributed by atoms with E-state index in [0.717, 1.165) is 21.8 Å². The number of aromatic nitrogens is 2. The van der Waals surface area contributed by atoms with Gasteiger partial charge in [-0.15, -0.1) is 10.2 Å². The fourth-order valence-corrected chi connectivity index (χ4v) is 3.27. The Kier molecular flexibility index (Phi) is 6.09. The van der Waals surface area contributed by atoms with Gasteiger partial charge in [-0.2, -0.15) is 0 Å². The summed E-state index contributed by atoms with van der Waals surface area (Å²) >= 11 is 10.2. The van der Waals surface area contributed by atoms with E-state index in [1.54, 1.807) is 0 Å². The number of benzene rings is 2. The number of nitro groups is 1. The Hall–Kier alpha value is -2.43. The van der Waals surface area contributed by atoms with Crippen LogP contribution in [0.5, 0.6) is 0 Å². The highest BCUT2D eigenvalue weighted by molar-refractivity contribution is 9.10. The second-order valence-corrected chi connectivity index (χ2v) is 7.30. The van der Waals surface area contributed by atoms with Crippen LogP contribution in [0.2, 0.25) is 5.02 Å². The third-order valence-corrected chi connectivity index (χ3v) is 5.09. The Morgan fingerprint density at radius 1 is 1.30 bits per heavy atom. The Labute approximate surface area is 170 Å². The standard InChI is InChI=1S/C16H10BrClN4O4S/c17-11-4-2-1-3-10(11)15-20-21-16(26-15)27-8-14(23)19-9-5-6-12(18)13(7-9)22(24)25/h1-7H,8H2,(H,19,23). The average Bonchev–Trinajstić information content (AvgIpc) is 3.10. The van der Waals surface area contributed by atoms with Crippen LogP contribution in [0, 0.1) is 10.1 Å². The number of hydrogen-bond acceptors (Lipinski definition) is 7. The molecule has 3 aromatic rings. The van der Waals surface area contributed by atoms with Crippen molar-refractivity contribution in [2.75, 3.05) is 11.1 Å². The number of carbonyl (C=O) groups excluding carboxylic acids is 1. The van der Waals surface area contributed by atoms with Gasteiger partial charge < -0.3 is 9.73 Å². The SMILES string of the molecule is O=C(CSc1nnc(-c2ccccc2Br)o1)Nc1ccc(Cl)c([N+](=O)[O-])c1. The third kappa shape index (κ3) is 4.85. The monoisotopic (exact) mass is 468 g/mol. The Morgan fingerprint density at radius 2 is 2.07 bits per heavy atom. The van der Waals surface area contributed by atoms with Gasteiger partial charge in [0.25, 0.3) is 10.9 Å². The van der Waals surface area contributed by atoms with E-state index in [9.17, 15) is 14.9 Å². The van der Waals surface area contributed by atoms with Gasteiger partial charge in [-0.05, 0) is 40.2 Å². The van der Waals surface area contributed by atoms with Crippen molar-refractivity contribution in [3.8, 4) is 11.5 Å². The van der Waals surface area contributed by atoms with E-state index < -0.39 is 4.92 Å². The van der Waals surface area contributed by atoms with E-state index in [-0.39, 0.29) is 33.3 Å². The van der Waals surface area contributed by atoms with Crippen molar-refractivity contribution < 1.29 is 14.1 Å². The van der Waals surface area contributed by atoms with Crippen LogP contribution >= 0.6 is 39.3 Å². The first-order chi connectivity index (χ1) is 12.9. The first-order valence-corrected chi connectivity index (χ1v) is 9.54. The number of halogens is 2. The molecule has 0 spiro atoms. The maximum Gasteiger partial charge on any atom is 0.289 e. The summed E-state index contributed by atoms with van der Waals surface area (Å²) in [6.45, 7) is 0. The van der Waals surface area contributed by atoms with Gasteiger partial charge in [0, 0.05) is 16.2 Å². The number of rotatable bonds is 6. The van der Waals surface area contributed by atoms with E-state index in [0.29, 0.717) is 5.89 Å². The van der Waals surface area contributed by atoms with Crippen LogP contribution in [0.25, 0.3) is 11.5 Å². The number of nitro benzene ring substituents is 1. The Morgan fingerprint density at radius 3 is 2.81 bits per heavy atom. The van der Waals surface area contributed by atoms with Crippen LogP contribution in [0.3, 0.4) is 0 Å². The molecule has 3 rings (SSSR count). The second-order valence-electron chi connectivity index (χ2n) is 5.11. The number of nitrogens with one attached hydrogen (secondary N) is 1. The average molecular weight is 470 g/mol. The fraction of sp³-hybridized carbons (Fsp3) is 0.0625. The molecular formula is C16H10BrClN4O4S. The zero-order valence-corrected chi connectivity index (χ0v) is 16.5. The second kappa shape index (κ2) is 8.51. The predicted octanol–water partition coefficient (Wildman–Crippen LogP) is 4.79. The smallest absolute Gasteiger partial charge is 0.289 e. The lowest BCUT2D eigenvalue weighted by atomic mass is 10.2. The molecule has 0 bridgehead atoms. The highest BCUT2D eigenvalue weighted by Gasteiger charge is 2.16. The van der Waals surface area contributed by atoms with Crippen LogP contribution in [-0.4, -0.2) is 26.8 Å². The van der Waals surface area contributed by atoms with E-state index >= 15 is 0 Å². The van der Waals surface area contributed by atoms with E-state index in [2.05, 4.69) is 31.4 Å². The molecule has 27 heavy (non-hydrogen) atoms. The molecule has 0 atom stereocenters. The van der Waals surface area contributed by atoms with Gasteiger partial charge in [-0.25, -0.2) is 0 Å². The lowest BCUT2D eigenvalue weighted by Gasteiger charge is -2.04. The number of carbonyl (C=O) groups is 1. The topological polar surface area (TPSA) is 111 Å². The number of thioether (sulfide) groups is 1. The van der Waals surface area contributed by atoms with Crippen LogP contribution in [0.4, 0.5) is 11.4 Å². The molecular weight excluding hydrogens is 460 g/mol. The van der Waals surface area contributed by atoms with E-state index in [4.69, 9.17) is 16.0 Å². The van der Waals surface area contributed by atoms with Crippen LogP contribution in [0.1, 0.15) is 0 Å². The number of hydrogen-bond donors (Lipinski definition) is 1. The molecule has 2 aromatic carbocycles. The summed E-state index contributed by atoms with van der Waals surface area (Å²) in [7, 11) is 0. The van der Waals surface area contributed by atoms with Gasteiger partial charge in [0.05, 0.1) is 16.2 Å². The third-order valence-electron chi connectivity index (χ3n) is 3.26. The summed E-state index contributed by atoms with van der Waals surface area (Å²) in [5.74, 6) is -0.0513. The van der Waals surface area contributed by atoms with Crippen molar-refractivity contribution in [3.63, 3.8) is 0 Å². The molecule has 0 unspecified atom stereocenters. The quantitative estimate of drug-likeness (QED) is 0.314. The van der Waals surface area contributed by atoms with Crippen molar-refractivity contribution >= 4 is 56.6 Å². The maximum atomic E-state index is 12.1. The van der Waals surface area contributed by atoms with Crippen molar-refractivity contribution in [3.05, 3.63) is 62.1 Å². The number of anilines is 1. The molecule has 1 heterocycles. The minimum absolute atomic E-state index is 0.00200. The highest BCUT2D eigenvalue weighted by atomic mass is 79.9. The minimum Gasteiger partial charge on any atom is -0.411 e. The van der Waals surface area contributed by atoms with Gasteiger partial charge in [-0.1, -0.05) is 35.5 Å². The zero-order chi connectivity index (χ0) is 19.4. The molecule has 0 aliphatic heterocycles. The lowest BCUT2D eigenvalue weighted by Crippen LogP contribution is -2.14. The van der Waals surface area contributed by atoms with Crippen molar-refractivity contribution in [2.24, 2.45) is 0 Å². The molecule has 0 saturated carbocycles. The normalized spacial score (nSPS) is 10.6. The van der Waals surface area contributed by atoms with Gasteiger partial charge in [0.1, 0.15) is 5.02 Å².